The maximum Gasteiger partial charge on any atom is 0.220 e. The highest BCUT2D eigenvalue weighted by Gasteiger charge is 2.07. The summed E-state index contributed by atoms with van der Waals surface area (Å²) in [7, 11) is 1.64. The standard InChI is InChI=1S/C16H19NO3/c1-3-17-16(18)11-9-14-8-10-15(20-14)12-4-6-13(19-2)7-5-12/h4-8,10H,3,9,11H2,1-2H3,(H,17,18). The van der Waals surface area contributed by atoms with E-state index in [1.807, 2.05) is 43.3 Å². The Morgan fingerprint density at radius 2 is 1.95 bits per heavy atom. The molecule has 2 rings (SSSR count). The molecule has 0 bridgehead atoms. The van der Waals surface area contributed by atoms with Crippen LogP contribution >= 0.6 is 0 Å². The van der Waals surface area contributed by atoms with Gasteiger partial charge in [-0.15, -0.1) is 0 Å². The molecule has 1 aromatic heterocycles. The summed E-state index contributed by atoms with van der Waals surface area (Å²) in [6.45, 7) is 2.57. The smallest absolute Gasteiger partial charge is 0.220 e. The highest BCUT2D eigenvalue weighted by Crippen LogP contribution is 2.24. The van der Waals surface area contributed by atoms with E-state index in [-0.39, 0.29) is 5.91 Å². The summed E-state index contributed by atoms with van der Waals surface area (Å²) in [6.07, 6.45) is 1.06. The minimum atomic E-state index is 0.0508. The van der Waals surface area contributed by atoms with Crippen LogP contribution in [0.2, 0.25) is 0 Å². The number of amides is 1. The lowest BCUT2D eigenvalue weighted by Crippen LogP contribution is -2.22. The van der Waals surface area contributed by atoms with Gasteiger partial charge in [-0.2, -0.15) is 0 Å². The molecule has 0 atom stereocenters. The second-order valence-corrected chi connectivity index (χ2v) is 4.45. The molecule has 0 unspecified atom stereocenters. The molecule has 1 heterocycles. The van der Waals surface area contributed by atoms with Gasteiger partial charge in [0.25, 0.3) is 0 Å². The quantitative estimate of drug-likeness (QED) is 0.880. The van der Waals surface area contributed by atoms with Crippen molar-refractivity contribution in [1.82, 2.24) is 5.32 Å². The van der Waals surface area contributed by atoms with Gasteiger partial charge >= 0.3 is 0 Å². The summed E-state index contributed by atoms with van der Waals surface area (Å²) in [6, 6.07) is 11.5. The second kappa shape index (κ2) is 6.80. The highest BCUT2D eigenvalue weighted by molar-refractivity contribution is 5.76. The number of hydrogen-bond donors (Lipinski definition) is 1. The maximum absolute atomic E-state index is 11.4. The zero-order valence-electron chi connectivity index (χ0n) is 11.8. The van der Waals surface area contributed by atoms with E-state index >= 15 is 0 Å². The van der Waals surface area contributed by atoms with Crippen LogP contribution in [-0.2, 0) is 11.2 Å². The fourth-order valence-corrected chi connectivity index (χ4v) is 1.94. The van der Waals surface area contributed by atoms with Crippen LogP contribution in [0.15, 0.2) is 40.8 Å². The van der Waals surface area contributed by atoms with Crippen LogP contribution in [0.3, 0.4) is 0 Å². The fourth-order valence-electron chi connectivity index (χ4n) is 1.94. The Kier molecular flexibility index (Phi) is 4.82. The zero-order chi connectivity index (χ0) is 14.4. The predicted octanol–water partition coefficient (Wildman–Crippen LogP) is 3.02. The molecule has 0 spiro atoms. The van der Waals surface area contributed by atoms with Gasteiger partial charge in [-0.05, 0) is 43.3 Å². The van der Waals surface area contributed by atoms with Crippen LogP contribution in [0.25, 0.3) is 11.3 Å². The molecule has 20 heavy (non-hydrogen) atoms. The molecular weight excluding hydrogens is 254 g/mol. The van der Waals surface area contributed by atoms with Gasteiger partial charge in [-0.1, -0.05) is 0 Å². The molecule has 106 valence electrons. The Morgan fingerprint density at radius 3 is 2.60 bits per heavy atom. The van der Waals surface area contributed by atoms with Crippen molar-refractivity contribution in [2.45, 2.75) is 19.8 Å². The molecule has 1 aromatic carbocycles. The first-order chi connectivity index (χ1) is 9.72. The van der Waals surface area contributed by atoms with E-state index in [0.717, 1.165) is 22.8 Å². The lowest BCUT2D eigenvalue weighted by molar-refractivity contribution is -0.121. The van der Waals surface area contributed by atoms with Crippen LogP contribution in [0.4, 0.5) is 0 Å². The van der Waals surface area contributed by atoms with E-state index in [1.165, 1.54) is 0 Å². The van der Waals surface area contributed by atoms with Crippen LogP contribution in [0.5, 0.6) is 5.75 Å². The van der Waals surface area contributed by atoms with Crippen LogP contribution < -0.4 is 10.1 Å². The summed E-state index contributed by atoms with van der Waals surface area (Å²) in [5, 5.41) is 2.77. The molecular formula is C16H19NO3. The maximum atomic E-state index is 11.4. The average molecular weight is 273 g/mol. The number of carbonyl (C=O) groups is 1. The molecule has 4 heteroatoms. The number of methoxy groups -OCH3 is 1. The first-order valence-electron chi connectivity index (χ1n) is 6.72. The van der Waals surface area contributed by atoms with E-state index in [1.54, 1.807) is 7.11 Å². The van der Waals surface area contributed by atoms with Crippen molar-refractivity contribution in [2.24, 2.45) is 0 Å². The molecule has 1 N–H and O–H groups in total. The molecule has 0 aliphatic carbocycles. The average Bonchev–Trinajstić information content (AvgIpc) is 2.94. The van der Waals surface area contributed by atoms with Gasteiger partial charge in [-0.25, -0.2) is 0 Å². The number of furan rings is 1. The van der Waals surface area contributed by atoms with Gasteiger partial charge in [0.15, 0.2) is 0 Å². The Bertz CT molecular complexity index is 557. The van der Waals surface area contributed by atoms with E-state index < -0.39 is 0 Å². The third-order valence-corrected chi connectivity index (χ3v) is 3.01. The van der Waals surface area contributed by atoms with E-state index in [0.29, 0.717) is 19.4 Å². The highest BCUT2D eigenvalue weighted by atomic mass is 16.5. The van der Waals surface area contributed by atoms with E-state index in [9.17, 15) is 4.79 Å². The molecule has 0 saturated heterocycles. The van der Waals surface area contributed by atoms with Crippen LogP contribution in [0.1, 0.15) is 19.1 Å². The Balaban J connectivity index is 1.99. The molecule has 0 aliphatic rings. The summed E-state index contributed by atoms with van der Waals surface area (Å²) < 4.78 is 10.9. The molecule has 4 nitrogen and oxygen atoms in total. The van der Waals surface area contributed by atoms with Crippen molar-refractivity contribution < 1.29 is 13.9 Å². The van der Waals surface area contributed by atoms with Crippen molar-refractivity contribution >= 4 is 5.91 Å². The largest absolute Gasteiger partial charge is 0.497 e. The first-order valence-corrected chi connectivity index (χ1v) is 6.72. The summed E-state index contributed by atoms with van der Waals surface area (Å²) in [5.74, 6) is 2.49. The number of carbonyl (C=O) groups excluding carboxylic acids is 1. The third-order valence-electron chi connectivity index (χ3n) is 3.01. The van der Waals surface area contributed by atoms with Gasteiger partial charge in [0.2, 0.25) is 5.91 Å². The van der Waals surface area contributed by atoms with Gasteiger partial charge in [-0.3, -0.25) is 4.79 Å². The predicted molar refractivity (Wildman–Crippen MR) is 77.7 cm³/mol. The van der Waals surface area contributed by atoms with Crippen molar-refractivity contribution in [3.63, 3.8) is 0 Å². The SMILES string of the molecule is CCNC(=O)CCc1ccc(-c2ccc(OC)cc2)o1. The number of hydrogen-bond acceptors (Lipinski definition) is 3. The monoisotopic (exact) mass is 273 g/mol. The number of aryl methyl sites for hydroxylation is 1. The first kappa shape index (κ1) is 14.2. The van der Waals surface area contributed by atoms with Gasteiger partial charge in [0.1, 0.15) is 17.3 Å². The lowest BCUT2D eigenvalue weighted by atomic mass is 10.2. The van der Waals surface area contributed by atoms with Gasteiger partial charge in [0, 0.05) is 24.9 Å². The van der Waals surface area contributed by atoms with Crippen molar-refractivity contribution in [3.05, 3.63) is 42.2 Å². The number of benzene rings is 1. The Hall–Kier alpha value is -2.23. The van der Waals surface area contributed by atoms with Crippen molar-refractivity contribution in [2.75, 3.05) is 13.7 Å². The lowest BCUT2D eigenvalue weighted by Gasteiger charge is -2.01. The molecule has 2 aromatic rings. The number of nitrogens with one attached hydrogen (secondary N) is 1. The second-order valence-electron chi connectivity index (χ2n) is 4.45. The van der Waals surface area contributed by atoms with Crippen molar-refractivity contribution in [3.8, 4) is 17.1 Å². The van der Waals surface area contributed by atoms with Crippen LogP contribution in [0, 0.1) is 0 Å². The van der Waals surface area contributed by atoms with Crippen molar-refractivity contribution in [1.29, 1.82) is 0 Å². The normalized spacial score (nSPS) is 10.3. The molecule has 0 radical (unpaired) electrons. The van der Waals surface area contributed by atoms with E-state index in [2.05, 4.69) is 5.32 Å². The van der Waals surface area contributed by atoms with E-state index in [4.69, 9.17) is 9.15 Å². The van der Waals surface area contributed by atoms with Gasteiger partial charge in [0.05, 0.1) is 7.11 Å². The molecule has 0 aliphatic heterocycles. The number of rotatable bonds is 6. The summed E-state index contributed by atoms with van der Waals surface area (Å²) in [5.41, 5.74) is 0.995. The molecule has 1 amide bonds. The molecule has 0 saturated carbocycles. The minimum absolute atomic E-state index is 0.0508. The topological polar surface area (TPSA) is 51.5 Å². The summed E-state index contributed by atoms with van der Waals surface area (Å²) in [4.78, 5) is 11.4. The van der Waals surface area contributed by atoms with Crippen LogP contribution in [-0.4, -0.2) is 19.6 Å². The zero-order valence-corrected chi connectivity index (χ0v) is 11.8. The van der Waals surface area contributed by atoms with Gasteiger partial charge < -0.3 is 14.5 Å². The fraction of sp³-hybridized carbons (Fsp3) is 0.312. The number of ether oxygens (including phenoxy) is 1. The summed E-state index contributed by atoms with van der Waals surface area (Å²) >= 11 is 0. The Morgan fingerprint density at radius 1 is 1.20 bits per heavy atom. The Labute approximate surface area is 118 Å². The minimum Gasteiger partial charge on any atom is -0.497 e. The molecule has 0 fully saturated rings. The third kappa shape index (κ3) is 3.63.